The van der Waals surface area contributed by atoms with Crippen molar-refractivity contribution in [1.82, 2.24) is 9.97 Å². The highest BCUT2D eigenvalue weighted by Gasteiger charge is 2.20. The average Bonchev–Trinajstić information content (AvgIpc) is 2.60. The molecule has 0 saturated carbocycles. The Balaban J connectivity index is 2.02. The summed E-state index contributed by atoms with van der Waals surface area (Å²) in [6.45, 7) is 3.21. The van der Waals surface area contributed by atoms with Gasteiger partial charge >= 0.3 is 0 Å². The summed E-state index contributed by atoms with van der Waals surface area (Å²) in [7, 11) is -2.90. The molecule has 1 atom stereocenters. The minimum atomic E-state index is -2.90. The van der Waals surface area contributed by atoms with Crippen molar-refractivity contribution in [3.8, 4) is 0 Å². The van der Waals surface area contributed by atoms with Crippen LogP contribution in [0.15, 0.2) is 12.4 Å². The van der Waals surface area contributed by atoms with Crippen LogP contribution < -0.4 is 10.6 Å². The Labute approximate surface area is 120 Å². The van der Waals surface area contributed by atoms with Crippen LogP contribution in [-0.2, 0) is 16.3 Å². The van der Waals surface area contributed by atoms with Crippen molar-refractivity contribution in [3.63, 3.8) is 0 Å². The lowest BCUT2D eigenvalue weighted by atomic mass is 10.1. The number of sulfone groups is 1. The van der Waals surface area contributed by atoms with Gasteiger partial charge in [-0.15, -0.1) is 0 Å². The fraction of sp³-hybridized carbons (Fsp3) is 0.692. The van der Waals surface area contributed by atoms with E-state index in [4.69, 9.17) is 5.73 Å². The smallest absolute Gasteiger partial charge is 0.225 e. The predicted octanol–water partition coefficient (Wildman–Crippen LogP) is 0.381. The molecule has 2 rings (SSSR count). The summed E-state index contributed by atoms with van der Waals surface area (Å²) in [6.07, 6.45) is 5.90. The van der Waals surface area contributed by atoms with Gasteiger partial charge in [-0.05, 0) is 24.8 Å². The van der Waals surface area contributed by atoms with Gasteiger partial charge in [0.25, 0.3) is 0 Å². The Hall–Kier alpha value is -1.21. The van der Waals surface area contributed by atoms with Gasteiger partial charge in [-0.3, -0.25) is 0 Å². The van der Waals surface area contributed by atoms with E-state index in [2.05, 4.69) is 16.9 Å². The van der Waals surface area contributed by atoms with Crippen LogP contribution in [-0.4, -0.2) is 49.0 Å². The fourth-order valence-corrected chi connectivity index (χ4v) is 3.47. The lowest BCUT2D eigenvalue weighted by Crippen LogP contribution is -2.28. The summed E-state index contributed by atoms with van der Waals surface area (Å²) >= 11 is 0. The lowest BCUT2D eigenvalue weighted by molar-refractivity contribution is 0.597. The molecule has 1 aliphatic heterocycles. The molecule has 0 aromatic carbocycles. The van der Waals surface area contributed by atoms with E-state index in [1.165, 1.54) is 0 Å². The third kappa shape index (κ3) is 4.14. The van der Waals surface area contributed by atoms with E-state index >= 15 is 0 Å². The fourth-order valence-electron chi connectivity index (χ4n) is 2.20. The van der Waals surface area contributed by atoms with Crippen molar-refractivity contribution in [1.29, 1.82) is 0 Å². The molecule has 20 heavy (non-hydrogen) atoms. The minimum Gasteiger partial charge on any atom is -0.340 e. The molecule has 0 radical (unpaired) electrons. The molecule has 112 valence electrons. The van der Waals surface area contributed by atoms with E-state index in [1.807, 2.05) is 4.90 Å². The first-order valence-corrected chi connectivity index (χ1v) is 8.84. The molecule has 2 heterocycles. The Morgan fingerprint density at radius 2 is 2.00 bits per heavy atom. The highest BCUT2D eigenvalue weighted by atomic mass is 32.2. The molecule has 0 aliphatic carbocycles. The number of anilines is 1. The second-order valence-corrected chi connectivity index (χ2v) is 7.56. The Kier molecular flexibility index (Phi) is 4.93. The second kappa shape index (κ2) is 6.49. The van der Waals surface area contributed by atoms with Crippen molar-refractivity contribution in [2.75, 3.05) is 29.5 Å². The Morgan fingerprint density at radius 1 is 1.30 bits per heavy atom. The van der Waals surface area contributed by atoms with Crippen LogP contribution >= 0.6 is 0 Å². The monoisotopic (exact) mass is 298 g/mol. The van der Waals surface area contributed by atoms with Crippen molar-refractivity contribution >= 4 is 15.8 Å². The standard InChI is InChI=1S/C13H22N4O2S/c1-2-12(14)8-11-9-15-13(16-10-11)17-4-3-6-20(18,19)7-5-17/h9-10,12H,2-8,14H2,1H3. The average molecular weight is 298 g/mol. The Bertz CT molecular complexity index is 530. The molecule has 1 aliphatic rings. The molecule has 0 spiro atoms. The van der Waals surface area contributed by atoms with Gasteiger partial charge in [0, 0.05) is 31.5 Å². The molecule has 0 amide bonds. The summed E-state index contributed by atoms with van der Waals surface area (Å²) in [6, 6.07) is 0.132. The highest BCUT2D eigenvalue weighted by Crippen LogP contribution is 2.13. The maximum atomic E-state index is 11.6. The highest BCUT2D eigenvalue weighted by molar-refractivity contribution is 7.91. The molecule has 2 N–H and O–H groups in total. The number of hydrogen-bond acceptors (Lipinski definition) is 6. The van der Waals surface area contributed by atoms with Crippen LogP contribution in [0.2, 0.25) is 0 Å². The maximum Gasteiger partial charge on any atom is 0.225 e. The van der Waals surface area contributed by atoms with Gasteiger partial charge in [-0.2, -0.15) is 0 Å². The van der Waals surface area contributed by atoms with Gasteiger partial charge in [0.15, 0.2) is 9.84 Å². The molecule has 1 fully saturated rings. The normalized spacial score (nSPS) is 20.4. The van der Waals surface area contributed by atoms with Gasteiger partial charge < -0.3 is 10.6 Å². The molecular weight excluding hydrogens is 276 g/mol. The van der Waals surface area contributed by atoms with Crippen LogP contribution in [0.25, 0.3) is 0 Å². The first kappa shape index (κ1) is 15.2. The second-order valence-electron chi connectivity index (χ2n) is 5.26. The zero-order valence-corrected chi connectivity index (χ0v) is 12.6. The van der Waals surface area contributed by atoms with Crippen LogP contribution in [0.1, 0.15) is 25.3 Å². The van der Waals surface area contributed by atoms with E-state index in [9.17, 15) is 8.42 Å². The van der Waals surface area contributed by atoms with E-state index in [-0.39, 0.29) is 17.5 Å². The summed E-state index contributed by atoms with van der Waals surface area (Å²) < 4.78 is 23.1. The van der Waals surface area contributed by atoms with Crippen molar-refractivity contribution in [2.24, 2.45) is 5.73 Å². The van der Waals surface area contributed by atoms with Crippen LogP contribution in [0.5, 0.6) is 0 Å². The molecule has 1 unspecified atom stereocenters. The van der Waals surface area contributed by atoms with E-state index in [1.54, 1.807) is 12.4 Å². The number of nitrogens with two attached hydrogens (primary N) is 1. The summed E-state index contributed by atoms with van der Waals surface area (Å²) in [4.78, 5) is 10.6. The summed E-state index contributed by atoms with van der Waals surface area (Å²) in [5.41, 5.74) is 6.92. The Morgan fingerprint density at radius 3 is 2.65 bits per heavy atom. The van der Waals surface area contributed by atoms with Crippen LogP contribution in [0.3, 0.4) is 0 Å². The quantitative estimate of drug-likeness (QED) is 0.864. The van der Waals surface area contributed by atoms with Crippen molar-refractivity contribution in [2.45, 2.75) is 32.2 Å². The largest absolute Gasteiger partial charge is 0.340 e. The van der Waals surface area contributed by atoms with Crippen molar-refractivity contribution < 1.29 is 8.42 Å². The van der Waals surface area contributed by atoms with Gasteiger partial charge in [-0.25, -0.2) is 18.4 Å². The molecule has 7 heteroatoms. The van der Waals surface area contributed by atoms with Crippen molar-refractivity contribution in [3.05, 3.63) is 18.0 Å². The van der Waals surface area contributed by atoms with Gasteiger partial charge in [0.05, 0.1) is 11.5 Å². The van der Waals surface area contributed by atoms with E-state index < -0.39 is 9.84 Å². The summed E-state index contributed by atoms with van der Waals surface area (Å²) in [5, 5.41) is 0. The lowest BCUT2D eigenvalue weighted by Gasteiger charge is -2.19. The zero-order chi connectivity index (χ0) is 14.6. The topological polar surface area (TPSA) is 89.2 Å². The first-order chi connectivity index (χ1) is 9.50. The number of hydrogen-bond donors (Lipinski definition) is 1. The SMILES string of the molecule is CCC(N)Cc1cnc(N2CCCS(=O)(=O)CC2)nc1. The van der Waals surface area contributed by atoms with E-state index in [0.29, 0.717) is 25.5 Å². The first-order valence-electron chi connectivity index (χ1n) is 7.02. The molecule has 6 nitrogen and oxygen atoms in total. The minimum absolute atomic E-state index is 0.132. The predicted molar refractivity (Wildman–Crippen MR) is 79.5 cm³/mol. The molecular formula is C13H22N4O2S. The van der Waals surface area contributed by atoms with Gasteiger partial charge in [-0.1, -0.05) is 6.92 Å². The summed E-state index contributed by atoms with van der Waals surface area (Å²) in [5.74, 6) is 1.04. The van der Waals surface area contributed by atoms with Gasteiger partial charge in [0.2, 0.25) is 5.95 Å². The van der Waals surface area contributed by atoms with Crippen LogP contribution in [0.4, 0.5) is 5.95 Å². The third-order valence-corrected chi connectivity index (χ3v) is 5.27. The molecule has 0 bridgehead atoms. The number of rotatable bonds is 4. The molecule has 1 saturated heterocycles. The number of nitrogens with zero attached hydrogens (tertiary/aromatic N) is 3. The maximum absolute atomic E-state index is 11.6. The molecule has 1 aromatic heterocycles. The van der Waals surface area contributed by atoms with Crippen LogP contribution in [0, 0.1) is 0 Å². The van der Waals surface area contributed by atoms with Gasteiger partial charge in [0.1, 0.15) is 0 Å². The number of aromatic nitrogens is 2. The third-order valence-electron chi connectivity index (χ3n) is 3.55. The van der Waals surface area contributed by atoms with E-state index in [0.717, 1.165) is 18.4 Å². The zero-order valence-electron chi connectivity index (χ0n) is 11.8. The molecule has 1 aromatic rings.